The van der Waals surface area contributed by atoms with Crippen LogP contribution in [0, 0.1) is 0 Å². The van der Waals surface area contributed by atoms with Crippen molar-refractivity contribution in [2.24, 2.45) is 0 Å². The molecule has 4 rings (SSSR count). The summed E-state index contributed by atoms with van der Waals surface area (Å²) < 4.78 is 0. The molecule has 0 saturated heterocycles. The molecule has 0 spiro atoms. The molecular formula is C20H21N5O9. The Morgan fingerprint density at radius 2 is 1.26 bits per heavy atom. The largest absolute Gasteiger partial charge is 0.394 e. The summed E-state index contributed by atoms with van der Waals surface area (Å²) in [5, 5.41) is 50.4. The third kappa shape index (κ3) is 3.78. The monoisotopic (exact) mass is 475 g/mol. The van der Waals surface area contributed by atoms with Crippen LogP contribution in [0.3, 0.4) is 0 Å². The van der Waals surface area contributed by atoms with Crippen LogP contribution in [0.4, 0.5) is 17.3 Å². The number of aromatic nitrogens is 4. The van der Waals surface area contributed by atoms with Crippen LogP contribution in [0.5, 0.6) is 0 Å². The van der Waals surface area contributed by atoms with Gasteiger partial charge in [-0.05, 0) is 12.1 Å². The molecule has 2 aromatic heterocycles. The van der Waals surface area contributed by atoms with E-state index in [0.717, 1.165) is 0 Å². The first-order chi connectivity index (χ1) is 16.1. The molecule has 1 aliphatic heterocycles. The lowest BCUT2D eigenvalue weighted by Gasteiger charge is -2.38. The van der Waals surface area contributed by atoms with Gasteiger partial charge in [-0.1, -0.05) is 18.2 Å². The van der Waals surface area contributed by atoms with E-state index in [1.54, 1.807) is 30.3 Å². The number of rotatable bonds is 6. The van der Waals surface area contributed by atoms with Gasteiger partial charge in [0, 0.05) is 5.69 Å². The predicted molar refractivity (Wildman–Crippen MR) is 117 cm³/mol. The van der Waals surface area contributed by atoms with E-state index < -0.39 is 59.4 Å². The SMILES string of the molecule is O=c1[nH]c2c(c(=O)[nH]1)C([C@H](O)[C@@H](O)[C@H](O)[C@H](O)CO)c1c([nH]c(=O)[nH]c1=O)N2c1ccccc1. The lowest BCUT2D eigenvalue weighted by atomic mass is 9.81. The number of aliphatic hydroxyl groups is 5. The first-order valence-electron chi connectivity index (χ1n) is 10.1. The molecule has 3 aromatic rings. The van der Waals surface area contributed by atoms with E-state index in [1.807, 2.05) is 9.97 Å². The highest BCUT2D eigenvalue weighted by atomic mass is 16.4. The Hall–Kier alpha value is -3.82. The first kappa shape index (κ1) is 23.3. The second-order valence-electron chi connectivity index (χ2n) is 7.71. The third-order valence-electron chi connectivity index (χ3n) is 5.62. The molecule has 180 valence electrons. The third-order valence-corrected chi connectivity index (χ3v) is 5.62. The second kappa shape index (κ2) is 8.85. The van der Waals surface area contributed by atoms with Crippen molar-refractivity contribution >= 4 is 17.3 Å². The normalized spacial score (nSPS) is 16.9. The molecule has 1 aliphatic rings. The number of fused-ring (bicyclic) bond motifs is 2. The number of benzene rings is 1. The van der Waals surface area contributed by atoms with Crippen LogP contribution in [-0.4, -0.2) is 76.5 Å². The number of para-hydroxylation sites is 1. The first-order valence-corrected chi connectivity index (χ1v) is 10.1. The number of H-pyrrole nitrogens is 4. The predicted octanol–water partition coefficient (Wildman–Crippen LogP) is -3.21. The number of hydrogen-bond acceptors (Lipinski definition) is 10. The summed E-state index contributed by atoms with van der Waals surface area (Å²) in [4.78, 5) is 60.2. The minimum Gasteiger partial charge on any atom is -0.394 e. The van der Waals surface area contributed by atoms with E-state index in [4.69, 9.17) is 5.11 Å². The maximum Gasteiger partial charge on any atom is 0.327 e. The maximum atomic E-state index is 12.9. The van der Waals surface area contributed by atoms with Crippen LogP contribution in [0.25, 0.3) is 0 Å². The highest BCUT2D eigenvalue weighted by molar-refractivity contribution is 5.80. The number of nitrogens with one attached hydrogen (secondary N) is 4. The molecule has 4 atom stereocenters. The minimum atomic E-state index is -2.16. The van der Waals surface area contributed by atoms with E-state index in [0.29, 0.717) is 5.69 Å². The standard InChI is InChI=1S/C20H21N5O9/c26-6-8(27)12(28)14(30)13(29)9-10-15(21-19(33)23-17(10)31)25(7-4-2-1-3-5-7)16-11(9)18(32)24-20(34)22-16/h1-5,8-9,12-14,26-30H,6H2,(H2,21,23,31,33)(H2,22,24,32,34)/t8-,12-,13+,14+/m1/s1. The number of aromatic amines is 4. The Kier molecular flexibility index (Phi) is 6.07. The number of hydrogen-bond donors (Lipinski definition) is 9. The molecule has 34 heavy (non-hydrogen) atoms. The topological polar surface area (TPSA) is 236 Å². The van der Waals surface area contributed by atoms with Crippen LogP contribution < -0.4 is 27.4 Å². The van der Waals surface area contributed by atoms with Crippen LogP contribution in [0.15, 0.2) is 49.5 Å². The van der Waals surface area contributed by atoms with Gasteiger partial charge in [0.25, 0.3) is 11.1 Å². The molecule has 0 radical (unpaired) electrons. The fourth-order valence-corrected chi connectivity index (χ4v) is 4.07. The van der Waals surface area contributed by atoms with Gasteiger partial charge in [-0.2, -0.15) is 0 Å². The number of nitrogens with zero attached hydrogens (tertiary/aromatic N) is 1. The lowest BCUT2D eigenvalue weighted by molar-refractivity contribution is -0.118. The number of anilines is 3. The van der Waals surface area contributed by atoms with Crippen LogP contribution in [-0.2, 0) is 0 Å². The Labute approximate surface area is 188 Å². The van der Waals surface area contributed by atoms with Gasteiger partial charge >= 0.3 is 11.4 Å². The molecule has 0 bridgehead atoms. The van der Waals surface area contributed by atoms with E-state index in [-0.39, 0.29) is 22.8 Å². The highest BCUT2D eigenvalue weighted by Crippen LogP contribution is 2.45. The Bertz CT molecular complexity index is 1350. The number of aliphatic hydroxyl groups excluding tert-OH is 5. The molecular weight excluding hydrogens is 454 g/mol. The van der Waals surface area contributed by atoms with E-state index >= 15 is 0 Å². The molecule has 14 nitrogen and oxygen atoms in total. The van der Waals surface area contributed by atoms with Crippen molar-refractivity contribution in [3.63, 3.8) is 0 Å². The Morgan fingerprint density at radius 1 is 0.765 bits per heavy atom. The van der Waals surface area contributed by atoms with Gasteiger partial charge in [0.1, 0.15) is 29.9 Å². The molecule has 3 heterocycles. The van der Waals surface area contributed by atoms with Gasteiger partial charge in [0.05, 0.1) is 29.8 Å². The molecule has 0 unspecified atom stereocenters. The van der Waals surface area contributed by atoms with Crippen molar-refractivity contribution in [3.05, 3.63) is 83.1 Å². The van der Waals surface area contributed by atoms with E-state index in [1.165, 1.54) is 4.90 Å². The van der Waals surface area contributed by atoms with Crippen molar-refractivity contribution in [2.75, 3.05) is 11.5 Å². The van der Waals surface area contributed by atoms with Gasteiger partial charge in [-0.3, -0.25) is 34.4 Å². The average Bonchev–Trinajstić information content (AvgIpc) is 2.81. The summed E-state index contributed by atoms with van der Waals surface area (Å²) in [6, 6.07) is 8.08. The van der Waals surface area contributed by atoms with Gasteiger partial charge in [-0.25, -0.2) is 9.59 Å². The van der Waals surface area contributed by atoms with Gasteiger partial charge < -0.3 is 25.5 Å². The fourth-order valence-electron chi connectivity index (χ4n) is 4.07. The maximum absolute atomic E-state index is 12.9. The van der Waals surface area contributed by atoms with Crippen molar-refractivity contribution in [2.45, 2.75) is 30.3 Å². The van der Waals surface area contributed by atoms with Crippen molar-refractivity contribution < 1.29 is 25.5 Å². The van der Waals surface area contributed by atoms with Crippen molar-refractivity contribution in [1.29, 1.82) is 0 Å². The summed E-state index contributed by atoms with van der Waals surface area (Å²) >= 11 is 0. The zero-order chi connectivity index (χ0) is 24.7. The van der Waals surface area contributed by atoms with E-state index in [2.05, 4.69) is 9.97 Å². The van der Waals surface area contributed by atoms with Crippen LogP contribution >= 0.6 is 0 Å². The van der Waals surface area contributed by atoms with Crippen molar-refractivity contribution in [1.82, 2.24) is 19.9 Å². The molecule has 0 aliphatic carbocycles. The highest BCUT2D eigenvalue weighted by Gasteiger charge is 2.45. The molecule has 1 aromatic carbocycles. The molecule has 0 saturated carbocycles. The molecule has 0 amide bonds. The lowest BCUT2D eigenvalue weighted by Crippen LogP contribution is -2.51. The molecule has 14 heteroatoms. The molecule has 0 fully saturated rings. The zero-order valence-electron chi connectivity index (χ0n) is 17.3. The Morgan fingerprint density at radius 3 is 1.74 bits per heavy atom. The van der Waals surface area contributed by atoms with Crippen LogP contribution in [0.2, 0.25) is 0 Å². The van der Waals surface area contributed by atoms with E-state index in [9.17, 15) is 39.6 Å². The summed E-state index contributed by atoms with van der Waals surface area (Å²) in [6.45, 7) is -0.952. The summed E-state index contributed by atoms with van der Waals surface area (Å²) in [5.41, 5.74) is -4.25. The van der Waals surface area contributed by atoms with Gasteiger partial charge in [0.2, 0.25) is 0 Å². The van der Waals surface area contributed by atoms with Gasteiger partial charge in [-0.15, -0.1) is 0 Å². The molecule has 9 N–H and O–H groups in total. The smallest absolute Gasteiger partial charge is 0.327 e. The van der Waals surface area contributed by atoms with Gasteiger partial charge in [0.15, 0.2) is 0 Å². The average molecular weight is 475 g/mol. The van der Waals surface area contributed by atoms with Crippen molar-refractivity contribution in [3.8, 4) is 0 Å². The summed E-state index contributed by atoms with van der Waals surface area (Å²) in [7, 11) is 0. The second-order valence-corrected chi connectivity index (χ2v) is 7.71. The van der Waals surface area contributed by atoms with Crippen LogP contribution in [0.1, 0.15) is 17.0 Å². The summed E-state index contributed by atoms with van der Waals surface area (Å²) in [5.74, 6) is -2.09. The summed E-state index contributed by atoms with van der Waals surface area (Å²) in [6.07, 6.45) is -8.18. The fraction of sp³-hybridized carbons (Fsp3) is 0.300. The minimum absolute atomic E-state index is 0.206. The zero-order valence-corrected chi connectivity index (χ0v) is 17.3. The quantitative estimate of drug-likeness (QED) is 0.173. The Balaban J connectivity index is 2.04.